The molecule has 0 bridgehead atoms. The van der Waals surface area contributed by atoms with Gasteiger partial charge in [-0.25, -0.2) is 0 Å². The minimum atomic E-state index is 0.657. The second kappa shape index (κ2) is 17.9. The van der Waals surface area contributed by atoms with Crippen molar-refractivity contribution in [1.29, 1.82) is 0 Å². The maximum absolute atomic E-state index is 5.54. The molecule has 0 rings (SSSR count). The zero-order chi connectivity index (χ0) is 15.6. The first-order valence-electron chi connectivity index (χ1n) is 8.51. The first-order chi connectivity index (χ1) is 10.3. The Morgan fingerprint density at radius 1 is 0.714 bits per heavy atom. The van der Waals surface area contributed by atoms with Crippen LogP contribution in [0.25, 0.3) is 0 Å². The molecule has 0 aliphatic heterocycles. The molecule has 0 amide bonds. The fourth-order valence-corrected chi connectivity index (χ4v) is 1.95. The van der Waals surface area contributed by atoms with Crippen molar-refractivity contribution in [3.8, 4) is 0 Å². The van der Waals surface area contributed by atoms with Gasteiger partial charge in [0.25, 0.3) is 0 Å². The van der Waals surface area contributed by atoms with Gasteiger partial charge in [0, 0.05) is 19.8 Å². The predicted octanol–water partition coefficient (Wildman–Crippen LogP) is 1.77. The van der Waals surface area contributed by atoms with Gasteiger partial charge in [-0.05, 0) is 39.0 Å². The van der Waals surface area contributed by atoms with E-state index in [1.54, 1.807) is 0 Å². The Morgan fingerprint density at radius 2 is 1.24 bits per heavy atom. The summed E-state index contributed by atoms with van der Waals surface area (Å²) in [5.41, 5.74) is 0. The lowest BCUT2D eigenvalue weighted by Gasteiger charge is -2.17. The lowest BCUT2D eigenvalue weighted by molar-refractivity contribution is 0.0128. The van der Waals surface area contributed by atoms with Crippen LogP contribution in [0.3, 0.4) is 0 Å². The third-order valence-corrected chi connectivity index (χ3v) is 3.29. The van der Waals surface area contributed by atoms with Gasteiger partial charge in [-0.1, -0.05) is 20.8 Å². The van der Waals surface area contributed by atoms with Crippen LogP contribution in [0.1, 0.15) is 33.6 Å². The number of ether oxygens (including phenoxy) is 3. The molecule has 128 valence electrons. The molecule has 5 heteroatoms. The van der Waals surface area contributed by atoms with E-state index >= 15 is 0 Å². The van der Waals surface area contributed by atoms with Gasteiger partial charge >= 0.3 is 0 Å². The molecule has 0 aliphatic rings. The van der Waals surface area contributed by atoms with Crippen LogP contribution >= 0.6 is 0 Å². The molecule has 21 heavy (non-hydrogen) atoms. The highest BCUT2D eigenvalue weighted by molar-refractivity contribution is 4.51. The van der Waals surface area contributed by atoms with Crippen molar-refractivity contribution in [2.45, 2.75) is 33.6 Å². The third-order valence-electron chi connectivity index (χ3n) is 3.29. The lowest BCUT2D eigenvalue weighted by Crippen LogP contribution is -2.25. The highest BCUT2D eigenvalue weighted by Crippen LogP contribution is 1.91. The maximum atomic E-state index is 5.54. The van der Waals surface area contributed by atoms with Gasteiger partial charge in [-0.2, -0.15) is 0 Å². The van der Waals surface area contributed by atoms with Crippen molar-refractivity contribution in [2.75, 3.05) is 72.4 Å². The molecule has 0 aromatic rings. The average Bonchev–Trinajstić information content (AvgIpc) is 2.51. The van der Waals surface area contributed by atoms with Gasteiger partial charge < -0.3 is 24.4 Å². The first-order valence-corrected chi connectivity index (χ1v) is 8.51. The minimum absolute atomic E-state index is 0.657. The van der Waals surface area contributed by atoms with E-state index in [1.807, 2.05) is 0 Å². The standard InChI is InChI=1S/C16H36N2O3/c1-4-17-9-7-11-19-13-15-21-16-14-20-12-8-10-18(5-2)6-3/h17H,4-16H2,1-3H3. The zero-order valence-corrected chi connectivity index (χ0v) is 14.4. The van der Waals surface area contributed by atoms with Crippen molar-refractivity contribution >= 4 is 0 Å². The Kier molecular flexibility index (Phi) is 17.7. The summed E-state index contributed by atoms with van der Waals surface area (Å²) in [6.07, 6.45) is 2.15. The minimum Gasteiger partial charge on any atom is -0.379 e. The summed E-state index contributed by atoms with van der Waals surface area (Å²) < 4.78 is 16.5. The predicted molar refractivity (Wildman–Crippen MR) is 88.0 cm³/mol. The molecule has 0 spiro atoms. The topological polar surface area (TPSA) is 43.0 Å². The SMILES string of the molecule is CCNCCCOCCOCCOCCCN(CC)CC. The number of nitrogens with zero attached hydrogens (tertiary/aromatic N) is 1. The summed E-state index contributed by atoms with van der Waals surface area (Å²) in [4.78, 5) is 2.41. The van der Waals surface area contributed by atoms with Crippen molar-refractivity contribution in [3.63, 3.8) is 0 Å². The summed E-state index contributed by atoms with van der Waals surface area (Å²) in [7, 11) is 0. The number of hydrogen-bond acceptors (Lipinski definition) is 5. The Labute approximate surface area is 131 Å². The first kappa shape index (κ1) is 20.8. The Morgan fingerprint density at radius 3 is 1.76 bits per heavy atom. The van der Waals surface area contributed by atoms with Crippen molar-refractivity contribution < 1.29 is 14.2 Å². The summed E-state index contributed by atoms with van der Waals surface area (Å²) in [6.45, 7) is 16.2. The van der Waals surface area contributed by atoms with E-state index < -0.39 is 0 Å². The van der Waals surface area contributed by atoms with Crippen LogP contribution in [0.5, 0.6) is 0 Å². The van der Waals surface area contributed by atoms with E-state index in [4.69, 9.17) is 14.2 Å². The molecule has 0 fully saturated rings. The van der Waals surface area contributed by atoms with Gasteiger partial charge in [0.05, 0.1) is 26.4 Å². The van der Waals surface area contributed by atoms with Crippen LogP contribution < -0.4 is 5.32 Å². The summed E-state index contributed by atoms with van der Waals surface area (Å²) in [6, 6.07) is 0. The van der Waals surface area contributed by atoms with E-state index in [0.29, 0.717) is 26.4 Å². The number of hydrogen-bond donors (Lipinski definition) is 1. The molecule has 0 heterocycles. The Bertz CT molecular complexity index is 190. The fraction of sp³-hybridized carbons (Fsp3) is 1.00. The van der Waals surface area contributed by atoms with E-state index in [1.165, 1.54) is 0 Å². The normalized spacial score (nSPS) is 11.4. The molecule has 0 aromatic heterocycles. The smallest absolute Gasteiger partial charge is 0.0701 e. The van der Waals surface area contributed by atoms with E-state index in [0.717, 1.165) is 58.8 Å². The van der Waals surface area contributed by atoms with Gasteiger partial charge in [0.2, 0.25) is 0 Å². The van der Waals surface area contributed by atoms with Gasteiger partial charge in [0.15, 0.2) is 0 Å². The molecule has 0 unspecified atom stereocenters. The van der Waals surface area contributed by atoms with Crippen molar-refractivity contribution in [1.82, 2.24) is 10.2 Å². The molecule has 0 saturated heterocycles. The maximum Gasteiger partial charge on any atom is 0.0701 e. The molecule has 0 saturated carbocycles. The van der Waals surface area contributed by atoms with Crippen LogP contribution in [0.4, 0.5) is 0 Å². The monoisotopic (exact) mass is 304 g/mol. The van der Waals surface area contributed by atoms with Gasteiger partial charge in [0.1, 0.15) is 0 Å². The van der Waals surface area contributed by atoms with Crippen LogP contribution in [0.2, 0.25) is 0 Å². The molecular weight excluding hydrogens is 268 g/mol. The largest absolute Gasteiger partial charge is 0.379 e. The zero-order valence-electron chi connectivity index (χ0n) is 14.4. The molecule has 5 nitrogen and oxygen atoms in total. The van der Waals surface area contributed by atoms with Crippen LogP contribution in [-0.2, 0) is 14.2 Å². The van der Waals surface area contributed by atoms with E-state index in [9.17, 15) is 0 Å². The highest BCUT2D eigenvalue weighted by Gasteiger charge is 1.98. The Hall–Kier alpha value is -0.200. The second-order valence-electron chi connectivity index (χ2n) is 4.92. The fourth-order valence-electron chi connectivity index (χ4n) is 1.95. The summed E-state index contributed by atoms with van der Waals surface area (Å²) in [5, 5.41) is 3.27. The molecule has 1 N–H and O–H groups in total. The lowest BCUT2D eigenvalue weighted by atomic mass is 10.4. The van der Waals surface area contributed by atoms with Crippen LogP contribution in [0.15, 0.2) is 0 Å². The molecule has 0 aromatic carbocycles. The molecule has 0 radical (unpaired) electrons. The summed E-state index contributed by atoms with van der Waals surface area (Å²) in [5.74, 6) is 0. The van der Waals surface area contributed by atoms with Crippen LogP contribution in [-0.4, -0.2) is 77.3 Å². The van der Waals surface area contributed by atoms with Gasteiger partial charge in [-0.3, -0.25) is 0 Å². The van der Waals surface area contributed by atoms with Crippen LogP contribution in [0, 0.1) is 0 Å². The van der Waals surface area contributed by atoms with Gasteiger partial charge in [-0.15, -0.1) is 0 Å². The Balaban J connectivity index is 3.02. The third kappa shape index (κ3) is 16.0. The highest BCUT2D eigenvalue weighted by atomic mass is 16.5. The average molecular weight is 304 g/mol. The van der Waals surface area contributed by atoms with E-state index in [-0.39, 0.29) is 0 Å². The quantitative estimate of drug-likeness (QED) is 0.415. The van der Waals surface area contributed by atoms with Crippen molar-refractivity contribution in [3.05, 3.63) is 0 Å². The summed E-state index contributed by atoms with van der Waals surface area (Å²) >= 11 is 0. The molecule has 0 atom stereocenters. The van der Waals surface area contributed by atoms with E-state index in [2.05, 4.69) is 31.0 Å². The second-order valence-corrected chi connectivity index (χ2v) is 4.92. The van der Waals surface area contributed by atoms with Crippen molar-refractivity contribution in [2.24, 2.45) is 0 Å². The molecular formula is C16H36N2O3. The molecule has 0 aliphatic carbocycles. The number of nitrogens with one attached hydrogen (secondary N) is 1. The number of rotatable bonds is 17.